The van der Waals surface area contributed by atoms with Gasteiger partial charge in [-0.2, -0.15) is 0 Å². The van der Waals surface area contributed by atoms with E-state index in [-0.39, 0.29) is 5.82 Å². The Morgan fingerprint density at radius 2 is 1.57 bits per heavy atom. The normalized spacial score (nSPS) is 12.3. The van der Waals surface area contributed by atoms with Crippen molar-refractivity contribution in [2.24, 2.45) is 0 Å². The van der Waals surface area contributed by atoms with Crippen molar-refractivity contribution in [3.05, 3.63) is 63.5 Å². The molecule has 1 nitrogen and oxygen atoms in total. The van der Waals surface area contributed by atoms with E-state index in [1.807, 2.05) is 13.8 Å². The Balaban J connectivity index is 2.57. The lowest BCUT2D eigenvalue weighted by Gasteiger charge is -2.20. The fourth-order valence-electron chi connectivity index (χ4n) is 2.62. The van der Waals surface area contributed by atoms with Gasteiger partial charge >= 0.3 is 0 Å². The number of benzene rings is 2. The first kappa shape index (κ1) is 15.8. The highest BCUT2D eigenvalue weighted by Crippen LogP contribution is 2.37. The zero-order valence-corrected chi connectivity index (χ0v) is 13.8. The van der Waals surface area contributed by atoms with E-state index in [1.165, 1.54) is 24.3 Å². The predicted molar refractivity (Wildman–Crippen MR) is 86.0 cm³/mol. The second kappa shape index (κ2) is 6.07. The Kier molecular flexibility index (Phi) is 4.58. The van der Waals surface area contributed by atoms with Crippen LogP contribution < -0.4 is 4.74 Å². The number of rotatable bonds is 3. The number of ether oxygens (including phenoxy) is 1. The van der Waals surface area contributed by atoms with Gasteiger partial charge in [-0.05, 0) is 61.6 Å². The van der Waals surface area contributed by atoms with Crippen LogP contribution in [0.25, 0.3) is 0 Å². The molecule has 0 aliphatic heterocycles. The smallest absolute Gasteiger partial charge is 0.131 e. The van der Waals surface area contributed by atoms with Gasteiger partial charge in [0.1, 0.15) is 11.6 Å². The minimum Gasteiger partial charge on any atom is -0.497 e. The van der Waals surface area contributed by atoms with Crippen molar-refractivity contribution in [1.29, 1.82) is 0 Å². The molecule has 2 aromatic rings. The van der Waals surface area contributed by atoms with E-state index in [2.05, 4.69) is 19.9 Å². The summed E-state index contributed by atoms with van der Waals surface area (Å²) in [5.41, 5.74) is 6.06. The molecule has 0 aliphatic rings. The number of halogens is 2. The molecule has 3 heteroatoms. The molecule has 0 saturated carbocycles. The van der Waals surface area contributed by atoms with Crippen molar-refractivity contribution < 1.29 is 9.13 Å². The molecule has 0 heterocycles. The van der Waals surface area contributed by atoms with Crippen LogP contribution >= 0.6 is 11.6 Å². The summed E-state index contributed by atoms with van der Waals surface area (Å²) in [5, 5.41) is -0.505. The molecular formula is C18H20ClFO. The SMILES string of the molecule is COc1ccc(C(Cl)c2c(C)c(C)cc(C)c2C)c(F)c1. The quantitative estimate of drug-likeness (QED) is 0.690. The highest BCUT2D eigenvalue weighted by molar-refractivity contribution is 6.22. The van der Waals surface area contributed by atoms with Crippen molar-refractivity contribution in [3.63, 3.8) is 0 Å². The maximum atomic E-state index is 14.3. The summed E-state index contributed by atoms with van der Waals surface area (Å²) >= 11 is 6.61. The van der Waals surface area contributed by atoms with Crippen molar-refractivity contribution in [2.75, 3.05) is 7.11 Å². The average molecular weight is 307 g/mol. The van der Waals surface area contributed by atoms with Gasteiger partial charge in [0, 0.05) is 11.6 Å². The fraction of sp³-hybridized carbons (Fsp3) is 0.333. The molecule has 21 heavy (non-hydrogen) atoms. The third-order valence-electron chi connectivity index (χ3n) is 4.16. The Morgan fingerprint density at radius 3 is 2.05 bits per heavy atom. The lowest BCUT2D eigenvalue weighted by Crippen LogP contribution is -2.05. The molecular weight excluding hydrogens is 287 g/mol. The lowest BCUT2D eigenvalue weighted by molar-refractivity contribution is 0.410. The molecule has 0 bridgehead atoms. The molecule has 0 amide bonds. The number of alkyl halides is 1. The second-order valence-electron chi connectivity index (χ2n) is 5.42. The van der Waals surface area contributed by atoms with E-state index in [0.29, 0.717) is 11.3 Å². The number of methoxy groups -OCH3 is 1. The Hall–Kier alpha value is -1.54. The second-order valence-corrected chi connectivity index (χ2v) is 5.86. The van der Waals surface area contributed by atoms with Crippen LogP contribution in [0.3, 0.4) is 0 Å². The highest BCUT2D eigenvalue weighted by Gasteiger charge is 2.21. The molecule has 2 aromatic carbocycles. The van der Waals surface area contributed by atoms with Gasteiger partial charge in [0.25, 0.3) is 0 Å². The van der Waals surface area contributed by atoms with Crippen LogP contribution in [0.1, 0.15) is 38.8 Å². The highest BCUT2D eigenvalue weighted by atomic mass is 35.5. The molecule has 0 radical (unpaired) electrons. The average Bonchev–Trinajstić information content (AvgIpc) is 2.45. The van der Waals surface area contributed by atoms with Crippen molar-refractivity contribution >= 4 is 11.6 Å². The molecule has 1 unspecified atom stereocenters. The maximum Gasteiger partial charge on any atom is 0.131 e. The van der Waals surface area contributed by atoms with E-state index < -0.39 is 5.38 Å². The summed E-state index contributed by atoms with van der Waals surface area (Å²) < 4.78 is 19.3. The van der Waals surface area contributed by atoms with Gasteiger partial charge in [0.15, 0.2) is 0 Å². The summed E-state index contributed by atoms with van der Waals surface area (Å²) in [6, 6.07) is 6.95. The van der Waals surface area contributed by atoms with Crippen LogP contribution in [-0.2, 0) is 0 Å². The van der Waals surface area contributed by atoms with Crippen LogP contribution in [-0.4, -0.2) is 7.11 Å². The monoisotopic (exact) mass is 306 g/mol. The van der Waals surface area contributed by atoms with E-state index in [1.54, 1.807) is 12.1 Å². The van der Waals surface area contributed by atoms with Crippen LogP contribution in [0, 0.1) is 33.5 Å². The number of hydrogen-bond donors (Lipinski definition) is 0. The van der Waals surface area contributed by atoms with Crippen molar-refractivity contribution in [1.82, 2.24) is 0 Å². The van der Waals surface area contributed by atoms with Crippen LogP contribution in [0.15, 0.2) is 24.3 Å². The Labute approximate surface area is 130 Å². The summed E-state index contributed by atoms with van der Waals surface area (Å²) in [6.07, 6.45) is 0. The van der Waals surface area contributed by atoms with Crippen molar-refractivity contribution in [3.8, 4) is 5.75 Å². The maximum absolute atomic E-state index is 14.3. The summed E-state index contributed by atoms with van der Waals surface area (Å²) in [4.78, 5) is 0. The third-order valence-corrected chi connectivity index (χ3v) is 4.61. The van der Waals surface area contributed by atoms with Crippen LogP contribution in [0.5, 0.6) is 5.75 Å². The molecule has 112 valence electrons. The predicted octanol–water partition coefficient (Wildman–Crippen LogP) is 5.40. The van der Waals surface area contributed by atoms with E-state index in [9.17, 15) is 4.39 Å². The first-order valence-corrected chi connectivity index (χ1v) is 7.35. The van der Waals surface area contributed by atoms with Gasteiger partial charge in [0.05, 0.1) is 12.5 Å². The Morgan fingerprint density at radius 1 is 1.00 bits per heavy atom. The third kappa shape index (κ3) is 2.91. The molecule has 0 N–H and O–H groups in total. The summed E-state index contributed by atoms with van der Waals surface area (Å²) in [5.74, 6) is 0.154. The zero-order valence-electron chi connectivity index (χ0n) is 13.1. The molecule has 2 rings (SSSR count). The van der Waals surface area contributed by atoms with Gasteiger partial charge in [-0.3, -0.25) is 0 Å². The van der Waals surface area contributed by atoms with Crippen LogP contribution in [0.2, 0.25) is 0 Å². The first-order valence-electron chi connectivity index (χ1n) is 6.91. The molecule has 0 fully saturated rings. The van der Waals surface area contributed by atoms with E-state index in [0.717, 1.165) is 16.7 Å². The fourth-order valence-corrected chi connectivity index (χ4v) is 3.13. The topological polar surface area (TPSA) is 9.23 Å². The number of hydrogen-bond acceptors (Lipinski definition) is 1. The largest absolute Gasteiger partial charge is 0.497 e. The number of aryl methyl sites for hydroxylation is 2. The molecule has 0 saturated heterocycles. The van der Waals surface area contributed by atoms with Gasteiger partial charge < -0.3 is 4.74 Å². The minimum atomic E-state index is -0.505. The summed E-state index contributed by atoms with van der Waals surface area (Å²) in [7, 11) is 1.52. The summed E-state index contributed by atoms with van der Waals surface area (Å²) in [6.45, 7) is 8.18. The van der Waals surface area contributed by atoms with Crippen molar-refractivity contribution in [2.45, 2.75) is 33.1 Å². The van der Waals surface area contributed by atoms with E-state index in [4.69, 9.17) is 16.3 Å². The standard InChI is InChI=1S/C18H20ClFO/c1-10-8-11(2)13(4)17(12(10)3)18(19)15-7-6-14(21-5)9-16(15)20/h6-9,18H,1-5H3. The van der Waals surface area contributed by atoms with Crippen LogP contribution in [0.4, 0.5) is 4.39 Å². The molecule has 0 aliphatic carbocycles. The first-order chi connectivity index (χ1) is 9.86. The zero-order chi connectivity index (χ0) is 15.7. The molecule has 0 spiro atoms. The van der Waals surface area contributed by atoms with Gasteiger partial charge in [-0.15, -0.1) is 11.6 Å². The molecule has 1 atom stereocenters. The minimum absolute atomic E-state index is 0.340. The van der Waals surface area contributed by atoms with E-state index >= 15 is 0 Å². The van der Waals surface area contributed by atoms with Gasteiger partial charge in [-0.25, -0.2) is 4.39 Å². The van der Waals surface area contributed by atoms with Gasteiger partial charge in [0.2, 0.25) is 0 Å². The lowest BCUT2D eigenvalue weighted by atomic mass is 9.89. The Bertz CT molecular complexity index is 653. The van der Waals surface area contributed by atoms with Gasteiger partial charge in [-0.1, -0.05) is 12.1 Å². The molecule has 0 aromatic heterocycles.